The lowest BCUT2D eigenvalue weighted by Crippen LogP contribution is -2.13. The zero-order valence-electron chi connectivity index (χ0n) is 12.5. The van der Waals surface area contributed by atoms with Gasteiger partial charge in [-0.05, 0) is 54.1 Å². The molecule has 3 rings (SSSR count). The minimum absolute atomic E-state index is 0.280. The van der Waals surface area contributed by atoms with E-state index in [1.165, 1.54) is 24.3 Å². The summed E-state index contributed by atoms with van der Waals surface area (Å²) in [6.07, 6.45) is 1.06. The number of sulfonamides is 1. The van der Waals surface area contributed by atoms with Crippen LogP contribution in [0.5, 0.6) is 0 Å². The molecule has 0 saturated carbocycles. The number of halogens is 1. The van der Waals surface area contributed by atoms with E-state index in [1.54, 1.807) is 18.2 Å². The maximum Gasteiger partial charge on any atom is 0.255 e. The predicted octanol–water partition coefficient (Wildman–Crippen LogP) is 2.84. The highest BCUT2D eigenvalue weighted by molar-refractivity contribution is 7.92. The van der Waals surface area contributed by atoms with E-state index >= 15 is 0 Å². The van der Waals surface area contributed by atoms with Crippen LogP contribution in [-0.2, 0) is 10.0 Å². The van der Waals surface area contributed by atoms with Gasteiger partial charge in [-0.1, -0.05) is 0 Å². The standard InChI is InChI=1S/C15H13ClN4O3S/c1-24(22,23)20-10-4-2-9(3-5-10)14(21)17-11-6-7-12-13(8-11)19-15(16)18-12/h2-8,20H,1H3,(H,17,21)(H,18,19). The molecule has 24 heavy (non-hydrogen) atoms. The fourth-order valence-electron chi connectivity index (χ4n) is 2.16. The maximum atomic E-state index is 12.3. The Kier molecular flexibility index (Phi) is 4.16. The van der Waals surface area contributed by atoms with Gasteiger partial charge in [-0.3, -0.25) is 9.52 Å². The zero-order chi connectivity index (χ0) is 17.3. The number of nitrogens with zero attached hydrogens (tertiary/aromatic N) is 1. The molecule has 0 atom stereocenters. The first-order valence-electron chi connectivity index (χ1n) is 6.85. The minimum atomic E-state index is -3.35. The number of anilines is 2. The van der Waals surface area contributed by atoms with E-state index in [0.29, 0.717) is 28.0 Å². The lowest BCUT2D eigenvalue weighted by Gasteiger charge is -2.07. The molecule has 0 aliphatic heterocycles. The van der Waals surface area contributed by atoms with Gasteiger partial charge >= 0.3 is 0 Å². The second kappa shape index (κ2) is 6.14. The normalized spacial score (nSPS) is 11.4. The summed E-state index contributed by atoms with van der Waals surface area (Å²) in [7, 11) is -3.35. The Hall–Kier alpha value is -2.58. The molecule has 0 bridgehead atoms. The van der Waals surface area contributed by atoms with Gasteiger partial charge in [0.15, 0.2) is 0 Å². The molecule has 1 aromatic heterocycles. The molecule has 1 amide bonds. The number of carbonyl (C=O) groups is 1. The lowest BCUT2D eigenvalue weighted by molar-refractivity contribution is 0.102. The summed E-state index contributed by atoms with van der Waals surface area (Å²) < 4.78 is 24.7. The second-order valence-corrected chi connectivity index (χ2v) is 7.27. The van der Waals surface area contributed by atoms with Crippen LogP contribution in [0.2, 0.25) is 5.28 Å². The van der Waals surface area contributed by atoms with Gasteiger partial charge in [0.05, 0.1) is 17.3 Å². The van der Waals surface area contributed by atoms with Gasteiger partial charge in [0.1, 0.15) is 0 Å². The fourth-order valence-corrected chi connectivity index (χ4v) is 2.92. The van der Waals surface area contributed by atoms with E-state index in [0.717, 1.165) is 6.26 Å². The van der Waals surface area contributed by atoms with Gasteiger partial charge in [0, 0.05) is 16.9 Å². The van der Waals surface area contributed by atoms with Crippen molar-refractivity contribution in [3.8, 4) is 0 Å². The molecule has 9 heteroatoms. The highest BCUT2D eigenvalue weighted by Crippen LogP contribution is 2.20. The smallest absolute Gasteiger partial charge is 0.255 e. The van der Waals surface area contributed by atoms with Crippen molar-refractivity contribution in [2.75, 3.05) is 16.3 Å². The SMILES string of the molecule is CS(=O)(=O)Nc1ccc(C(=O)Nc2ccc3nc(Cl)[nH]c3c2)cc1. The topological polar surface area (TPSA) is 104 Å². The molecule has 3 aromatic rings. The molecule has 1 heterocycles. The first kappa shape index (κ1) is 16.3. The van der Waals surface area contributed by atoms with E-state index in [2.05, 4.69) is 20.0 Å². The van der Waals surface area contributed by atoms with Crippen molar-refractivity contribution < 1.29 is 13.2 Å². The Morgan fingerprint density at radius 2 is 1.79 bits per heavy atom. The quantitative estimate of drug-likeness (QED) is 0.662. The van der Waals surface area contributed by atoms with Crippen molar-refractivity contribution in [1.82, 2.24) is 9.97 Å². The summed E-state index contributed by atoms with van der Waals surface area (Å²) in [5.41, 5.74) is 2.80. The fraction of sp³-hybridized carbons (Fsp3) is 0.0667. The van der Waals surface area contributed by atoms with E-state index in [-0.39, 0.29) is 11.2 Å². The molecule has 7 nitrogen and oxygen atoms in total. The predicted molar refractivity (Wildman–Crippen MR) is 94.0 cm³/mol. The number of aromatic nitrogens is 2. The van der Waals surface area contributed by atoms with Gasteiger partial charge in [-0.2, -0.15) is 0 Å². The first-order chi connectivity index (χ1) is 11.3. The van der Waals surface area contributed by atoms with Gasteiger partial charge in [0.25, 0.3) is 5.91 Å². The summed E-state index contributed by atoms with van der Waals surface area (Å²) in [6, 6.07) is 11.3. The molecular formula is C15H13ClN4O3S. The Labute approximate surface area is 143 Å². The van der Waals surface area contributed by atoms with Crippen LogP contribution in [0.4, 0.5) is 11.4 Å². The number of carbonyl (C=O) groups excluding carboxylic acids is 1. The summed E-state index contributed by atoms with van der Waals surface area (Å²) >= 11 is 5.79. The average Bonchev–Trinajstić information content (AvgIpc) is 2.85. The van der Waals surface area contributed by atoms with Gasteiger partial charge < -0.3 is 10.3 Å². The van der Waals surface area contributed by atoms with Crippen molar-refractivity contribution in [3.63, 3.8) is 0 Å². The van der Waals surface area contributed by atoms with Crippen LogP contribution in [0.3, 0.4) is 0 Å². The molecule has 124 valence electrons. The highest BCUT2D eigenvalue weighted by atomic mass is 35.5. The summed E-state index contributed by atoms with van der Waals surface area (Å²) in [5, 5.41) is 3.04. The molecular weight excluding hydrogens is 352 g/mol. The number of amides is 1. The third-order valence-corrected chi connectivity index (χ3v) is 3.95. The van der Waals surface area contributed by atoms with Gasteiger partial charge in [-0.15, -0.1) is 0 Å². The number of hydrogen-bond donors (Lipinski definition) is 3. The molecule has 0 spiro atoms. The molecule has 0 radical (unpaired) electrons. The van der Waals surface area contributed by atoms with Crippen LogP contribution in [0, 0.1) is 0 Å². The number of aromatic amines is 1. The Morgan fingerprint density at radius 3 is 2.46 bits per heavy atom. The largest absolute Gasteiger partial charge is 0.329 e. The second-order valence-electron chi connectivity index (χ2n) is 5.17. The summed E-state index contributed by atoms with van der Waals surface area (Å²) in [6.45, 7) is 0. The third-order valence-electron chi connectivity index (χ3n) is 3.16. The van der Waals surface area contributed by atoms with Crippen molar-refractivity contribution in [2.45, 2.75) is 0 Å². The number of rotatable bonds is 4. The van der Waals surface area contributed by atoms with Crippen LogP contribution >= 0.6 is 11.6 Å². The van der Waals surface area contributed by atoms with E-state index in [1.807, 2.05) is 0 Å². The summed E-state index contributed by atoms with van der Waals surface area (Å²) in [5.74, 6) is -0.314. The zero-order valence-corrected chi connectivity index (χ0v) is 14.1. The number of nitrogens with one attached hydrogen (secondary N) is 3. The molecule has 0 unspecified atom stereocenters. The van der Waals surface area contributed by atoms with Crippen molar-refractivity contribution >= 4 is 49.9 Å². The molecule has 0 aliphatic rings. The van der Waals surface area contributed by atoms with Crippen LogP contribution in [0.1, 0.15) is 10.4 Å². The van der Waals surface area contributed by atoms with E-state index < -0.39 is 10.0 Å². The maximum absolute atomic E-state index is 12.3. The third kappa shape index (κ3) is 3.84. The minimum Gasteiger partial charge on any atom is -0.329 e. The molecule has 3 N–H and O–H groups in total. The Bertz CT molecular complexity index is 1010. The average molecular weight is 365 g/mol. The number of H-pyrrole nitrogens is 1. The van der Waals surface area contributed by atoms with Crippen molar-refractivity contribution in [2.24, 2.45) is 0 Å². The first-order valence-corrected chi connectivity index (χ1v) is 9.11. The van der Waals surface area contributed by atoms with Gasteiger partial charge in [0.2, 0.25) is 15.3 Å². The molecule has 0 fully saturated rings. The van der Waals surface area contributed by atoms with Crippen molar-refractivity contribution in [3.05, 3.63) is 53.3 Å². The monoisotopic (exact) mass is 364 g/mol. The van der Waals surface area contributed by atoms with Crippen LogP contribution in [-0.4, -0.2) is 30.5 Å². The molecule has 0 aliphatic carbocycles. The number of imidazole rings is 1. The number of hydrogen-bond acceptors (Lipinski definition) is 4. The highest BCUT2D eigenvalue weighted by Gasteiger charge is 2.09. The number of fused-ring (bicyclic) bond motifs is 1. The number of benzene rings is 2. The van der Waals surface area contributed by atoms with Crippen LogP contribution in [0.15, 0.2) is 42.5 Å². The van der Waals surface area contributed by atoms with E-state index in [9.17, 15) is 13.2 Å². The van der Waals surface area contributed by atoms with Crippen LogP contribution in [0.25, 0.3) is 11.0 Å². The molecule has 0 saturated heterocycles. The van der Waals surface area contributed by atoms with E-state index in [4.69, 9.17) is 11.6 Å². The molecule has 2 aromatic carbocycles. The van der Waals surface area contributed by atoms with Crippen LogP contribution < -0.4 is 10.0 Å². The van der Waals surface area contributed by atoms with Crippen molar-refractivity contribution in [1.29, 1.82) is 0 Å². The Balaban J connectivity index is 1.75. The lowest BCUT2D eigenvalue weighted by atomic mass is 10.2. The Morgan fingerprint density at radius 1 is 1.12 bits per heavy atom. The summed E-state index contributed by atoms with van der Waals surface area (Å²) in [4.78, 5) is 19.2. The van der Waals surface area contributed by atoms with Gasteiger partial charge in [-0.25, -0.2) is 13.4 Å².